The number of carbonyl (C=O) groups is 2. The second-order valence-electron chi connectivity index (χ2n) is 8.11. The van der Waals surface area contributed by atoms with Crippen LogP contribution in [0.2, 0.25) is 0 Å². The first-order valence-corrected chi connectivity index (χ1v) is 12.1. The predicted octanol–water partition coefficient (Wildman–Crippen LogP) is 6.98. The minimum absolute atomic E-state index is 0.0947. The van der Waals surface area contributed by atoms with Crippen molar-refractivity contribution in [3.8, 4) is 17.0 Å². The number of benzene rings is 3. The molecule has 2 aromatic heterocycles. The van der Waals surface area contributed by atoms with Crippen molar-refractivity contribution >= 4 is 51.1 Å². The molecule has 0 amide bonds. The largest absolute Gasteiger partial charge is 0.497 e. The van der Waals surface area contributed by atoms with Gasteiger partial charge in [-0.2, -0.15) is 0 Å². The zero-order valence-corrected chi connectivity index (χ0v) is 21.0. The zero-order valence-electron chi connectivity index (χ0n) is 18.8. The number of aromatic nitrogens is 1. The summed E-state index contributed by atoms with van der Waals surface area (Å²) in [5.74, 6) is 0.613. The van der Waals surface area contributed by atoms with E-state index < -0.39 is 0 Å². The Morgan fingerprint density at radius 2 is 1.74 bits per heavy atom. The second kappa shape index (κ2) is 9.06. The van der Waals surface area contributed by atoms with E-state index in [1.807, 2.05) is 83.3 Å². The molecule has 3 aromatic carbocycles. The number of hydrogen-bond donors (Lipinski definition) is 0. The molecule has 0 fully saturated rings. The van der Waals surface area contributed by atoms with Gasteiger partial charge in [0, 0.05) is 16.5 Å². The number of carbonyl (C=O) groups excluding carboxylic acids is 2. The van der Waals surface area contributed by atoms with Crippen molar-refractivity contribution < 1.29 is 14.3 Å². The molecule has 0 saturated carbocycles. The summed E-state index contributed by atoms with van der Waals surface area (Å²) in [4.78, 5) is 26.2. The molecule has 0 aliphatic rings. The summed E-state index contributed by atoms with van der Waals surface area (Å²) in [5, 5.41) is 0.865. The number of aldehydes is 1. The highest BCUT2D eigenvalue weighted by atomic mass is 127. The molecule has 5 aromatic rings. The maximum atomic E-state index is 13.9. The topological polar surface area (TPSA) is 47.8 Å². The molecule has 34 heavy (non-hydrogen) atoms. The molecule has 0 spiro atoms. The zero-order chi connectivity index (χ0) is 23.8. The first kappa shape index (κ1) is 22.3. The quantitative estimate of drug-likeness (QED) is 0.128. The monoisotopic (exact) mass is 559 g/mol. The van der Waals surface area contributed by atoms with E-state index in [9.17, 15) is 9.59 Å². The summed E-state index contributed by atoms with van der Waals surface area (Å²) in [5.41, 5.74) is 6.18. The van der Waals surface area contributed by atoms with Gasteiger partial charge in [0.1, 0.15) is 5.75 Å². The number of hydrogen-bond acceptors (Lipinski definition) is 3. The molecule has 0 N–H and O–H groups in total. The summed E-state index contributed by atoms with van der Waals surface area (Å²) in [7, 11) is 1.62. The first-order chi connectivity index (χ1) is 16.6. The maximum Gasteiger partial charge on any atom is 0.196 e. The third-order valence-corrected chi connectivity index (χ3v) is 7.25. The number of pyridine rings is 1. The number of methoxy groups -OCH3 is 1. The Labute approximate surface area is 211 Å². The molecule has 4 nitrogen and oxygen atoms in total. The highest BCUT2D eigenvalue weighted by Crippen LogP contribution is 2.39. The molecule has 2 heterocycles. The SMILES string of the molecule is CCc1ccc(C(=O)c2c(I)c(-c3ccccc3)n3c2c(C=O)cc2cc(OC)ccc23)cc1. The van der Waals surface area contributed by atoms with E-state index in [2.05, 4.69) is 29.5 Å². The van der Waals surface area contributed by atoms with Gasteiger partial charge in [0.25, 0.3) is 0 Å². The Morgan fingerprint density at radius 1 is 1.00 bits per heavy atom. The lowest BCUT2D eigenvalue weighted by Crippen LogP contribution is -2.04. The van der Waals surface area contributed by atoms with Gasteiger partial charge in [-0.1, -0.05) is 61.5 Å². The summed E-state index contributed by atoms with van der Waals surface area (Å²) >= 11 is 2.25. The van der Waals surface area contributed by atoms with E-state index in [-0.39, 0.29) is 5.78 Å². The van der Waals surface area contributed by atoms with Gasteiger partial charge in [0.2, 0.25) is 0 Å². The molecule has 0 radical (unpaired) electrons. The average molecular weight is 559 g/mol. The normalized spacial score (nSPS) is 11.1. The molecule has 0 aliphatic heterocycles. The van der Waals surface area contributed by atoms with Crippen LogP contribution in [-0.2, 0) is 6.42 Å². The lowest BCUT2D eigenvalue weighted by Gasteiger charge is -2.11. The molecule has 0 aliphatic carbocycles. The van der Waals surface area contributed by atoms with Crippen LogP contribution in [0.1, 0.15) is 38.8 Å². The molecular weight excluding hydrogens is 537 g/mol. The number of ether oxygens (including phenoxy) is 1. The van der Waals surface area contributed by atoms with Gasteiger partial charge in [0.15, 0.2) is 12.1 Å². The molecular formula is C29H22INO3. The Bertz CT molecular complexity index is 1550. The summed E-state index contributed by atoms with van der Waals surface area (Å²) in [6.07, 6.45) is 1.74. The smallest absolute Gasteiger partial charge is 0.196 e. The van der Waals surface area contributed by atoms with Crippen molar-refractivity contribution in [2.24, 2.45) is 0 Å². The van der Waals surface area contributed by atoms with Gasteiger partial charge < -0.3 is 9.14 Å². The fourth-order valence-electron chi connectivity index (χ4n) is 4.46. The van der Waals surface area contributed by atoms with Crippen LogP contribution in [0.15, 0.2) is 78.9 Å². The number of fused-ring (bicyclic) bond motifs is 3. The fraction of sp³-hybridized carbons (Fsp3) is 0.103. The lowest BCUT2D eigenvalue weighted by atomic mass is 10.00. The average Bonchev–Trinajstić information content (AvgIpc) is 3.20. The fourth-order valence-corrected chi connectivity index (χ4v) is 5.51. The van der Waals surface area contributed by atoms with E-state index in [4.69, 9.17) is 4.74 Å². The van der Waals surface area contributed by atoms with Crippen molar-refractivity contribution in [1.29, 1.82) is 0 Å². The van der Waals surface area contributed by atoms with Gasteiger partial charge in [-0.25, -0.2) is 0 Å². The van der Waals surface area contributed by atoms with Crippen molar-refractivity contribution in [3.63, 3.8) is 0 Å². The van der Waals surface area contributed by atoms with Crippen molar-refractivity contribution in [1.82, 2.24) is 4.40 Å². The number of rotatable bonds is 6. The second-order valence-corrected chi connectivity index (χ2v) is 9.19. The van der Waals surface area contributed by atoms with Crippen LogP contribution in [0, 0.1) is 3.57 Å². The molecule has 168 valence electrons. The Morgan fingerprint density at radius 3 is 2.38 bits per heavy atom. The molecule has 0 atom stereocenters. The van der Waals surface area contributed by atoms with E-state index >= 15 is 0 Å². The van der Waals surface area contributed by atoms with E-state index in [0.29, 0.717) is 28.0 Å². The highest BCUT2D eigenvalue weighted by molar-refractivity contribution is 14.1. The van der Waals surface area contributed by atoms with Crippen LogP contribution in [-0.4, -0.2) is 23.6 Å². The van der Waals surface area contributed by atoms with E-state index in [1.165, 1.54) is 5.56 Å². The maximum absolute atomic E-state index is 13.9. The van der Waals surface area contributed by atoms with Crippen molar-refractivity contribution in [2.45, 2.75) is 13.3 Å². The van der Waals surface area contributed by atoms with Gasteiger partial charge in [-0.15, -0.1) is 0 Å². The molecule has 0 bridgehead atoms. The number of aryl methyl sites for hydroxylation is 1. The number of ketones is 1. The van der Waals surface area contributed by atoms with Crippen LogP contribution < -0.4 is 4.74 Å². The minimum Gasteiger partial charge on any atom is -0.497 e. The molecule has 0 saturated heterocycles. The third kappa shape index (κ3) is 3.60. The molecule has 5 heteroatoms. The summed E-state index contributed by atoms with van der Waals surface area (Å²) in [6.45, 7) is 2.09. The lowest BCUT2D eigenvalue weighted by molar-refractivity contribution is 0.103. The summed E-state index contributed by atoms with van der Waals surface area (Å²) in [6, 6.07) is 25.3. The Balaban J connectivity index is 1.91. The third-order valence-electron chi connectivity index (χ3n) is 6.20. The van der Waals surface area contributed by atoms with Crippen LogP contribution in [0.25, 0.3) is 27.7 Å². The van der Waals surface area contributed by atoms with E-state index in [0.717, 1.165) is 38.4 Å². The van der Waals surface area contributed by atoms with E-state index in [1.54, 1.807) is 7.11 Å². The Hall–Kier alpha value is -3.45. The van der Waals surface area contributed by atoms with Crippen molar-refractivity contribution in [2.75, 3.05) is 7.11 Å². The van der Waals surface area contributed by atoms with Gasteiger partial charge >= 0.3 is 0 Å². The predicted molar refractivity (Wildman–Crippen MR) is 144 cm³/mol. The Kier molecular flexibility index (Phi) is 5.96. The van der Waals surface area contributed by atoms with Crippen molar-refractivity contribution in [3.05, 3.63) is 105 Å². The minimum atomic E-state index is -0.0947. The van der Waals surface area contributed by atoms with Crippen LogP contribution in [0.5, 0.6) is 5.75 Å². The summed E-state index contributed by atoms with van der Waals surface area (Å²) < 4.78 is 8.28. The standard InChI is InChI=1S/C29H22INO3/c1-3-18-9-11-20(12-10-18)29(33)25-26(30)28(19-7-5-4-6-8-19)31-24-14-13-23(34-2)16-21(24)15-22(17-32)27(25)31/h4-17H,3H2,1-2H3. The van der Waals surface area contributed by atoms with Crippen LogP contribution >= 0.6 is 22.6 Å². The van der Waals surface area contributed by atoms with Crippen LogP contribution in [0.3, 0.4) is 0 Å². The molecule has 0 unspecified atom stereocenters. The highest BCUT2D eigenvalue weighted by Gasteiger charge is 2.27. The van der Waals surface area contributed by atoms with Crippen LogP contribution in [0.4, 0.5) is 0 Å². The van der Waals surface area contributed by atoms with Gasteiger partial charge in [0.05, 0.1) is 33.0 Å². The number of nitrogens with zero attached hydrogens (tertiary/aromatic N) is 1. The van der Waals surface area contributed by atoms with Gasteiger partial charge in [-0.05, 0) is 64.4 Å². The first-order valence-electron chi connectivity index (χ1n) is 11.1. The number of halogens is 1. The molecule has 5 rings (SSSR count). The van der Waals surface area contributed by atoms with Gasteiger partial charge in [-0.3, -0.25) is 9.59 Å².